The van der Waals surface area contributed by atoms with Crippen LogP contribution in [0.1, 0.15) is 31.7 Å². The van der Waals surface area contributed by atoms with Crippen molar-refractivity contribution in [1.82, 2.24) is 10.3 Å². The predicted molar refractivity (Wildman–Crippen MR) is 110 cm³/mol. The molecule has 0 saturated carbocycles. The molecule has 0 spiro atoms. The molecule has 0 fully saturated rings. The fourth-order valence-corrected chi connectivity index (χ4v) is 2.85. The molecule has 0 aliphatic heterocycles. The molecule has 7 heteroatoms. The number of phenolic OH excluding ortho intramolecular Hbond substituents is 1. The first kappa shape index (κ1) is 18.8. The number of nitrogens with one attached hydrogen (secondary N) is 2. The Morgan fingerprint density at radius 1 is 1.26 bits per heavy atom. The van der Waals surface area contributed by atoms with Gasteiger partial charge in [0.05, 0.1) is 5.56 Å². The van der Waals surface area contributed by atoms with Crippen LogP contribution in [-0.4, -0.2) is 21.1 Å². The van der Waals surface area contributed by atoms with Crippen LogP contribution >= 0.6 is 12.2 Å². The van der Waals surface area contributed by atoms with Gasteiger partial charge in [0.15, 0.2) is 10.7 Å². The Labute approximate surface area is 162 Å². The van der Waals surface area contributed by atoms with Crippen LogP contribution in [0, 0.1) is 6.92 Å². The summed E-state index contributed by atoms with van der Waals surface area (Å²) in [6.07, 6.45) is 2.19. The SMILES string of the molecule is CCCCC(=O)NC(=S)Nc1ccc(O)c(-c2nc3ccc(C)cc3o2)c1. The van der Waals surface area contributed by atoms with E-state index in [1.165, 1.54) is 6.07 Å². The van der Waals surface area contributed by atoms with Gasteiger partial charge < -0.3 is 20.2 Å². The molecule has 1 aromatic heterocycles. The van der Waals surface area contributed by atoms with Gasteiger partial charge in [0.1, 0.15) is 11.3 Å². The van der Waals surface area contributed by atoms with Crippen molar-refractivity contribution in [3.63, 3.8) is 0 Å². The van der Waals surface area contributed by atoms with Gasteiger partial charge in [-0.15, -0.1) is 0 Å². The standard InChI is InChI=1S/C20H21N3O3S/c1-3-4-5-18(25)23-20(27)21-13-7-9-16(24)14(11-13)19-22-15-8-6-12(2)10-17(15)26-19/h6-11,24H,3-5H2,1-2H3,(H2,21,23,25,27). The van der Waals surface area contributed by atoms with E-state index in [1.807, 2.05) is 32.0 Å². The highest BCUT2D eigenvalue weighted by Gasteiger charge is 2.14. The number of aromatic hydroxyl groups is 1. The molecule has 3 rings (SSSR count). The molecule has 3 aromatic rings. The summed E-state index contributed by atoms with van der Waals surface area (Å²) in [5.74, 6) is 0.235. The van der Waals surface area contributed by atoms with Gasteiger partial charge in [0, 0.05) is 12.1 Å². The molecule has 0 aliphatic carbocycles. The van der Waals surface area contributed by atoms with Gasteiger partial charge in [-0.3, -0.25) is 4.79 Å². The molecule has 27 heavy (non-hydrogen) atoms. The number of hydrogen-bond donors (Lipinski definition) is 3. The molecular weight excluding hydrogens is 362 g/mol. The minimum atomic E-state index is -0.123. The molecule has 1 amide bonds. The van der Waals surface area contributed by atoms with E-state index in [0.717, 1.165) is 18.4 Å². The third-order valence-corrected chi connectivity index (χ3v) is 4.24. The number of fused-ring (bicyclic) bond motifs is 1. The van der Waals surface area contributed by atoms with Crippen LogP contribution in [-0.2, 0) is 4.79 Å². The summed E-state index contributed by atoms with van der Waals surface area (Å²) in [7, 11) is 0. The van der Waals surface area contributed by atoms with E-state index < -0.39 is 0 Å². The molecule has 3 N–H and O–H groups in total. The number of nitrogens with zero attached hydrogens (tertiary/aromatic N) is 1. The summed E-state index contributed by atoms with van der Waals surface area (Å²) < 4.78 is 5.78. The Balaban J connectivity index is 1.79. The minimum Gasteiger partial charge on any atom is -0.507 e. The van der Waals surface area contributed by atoms with E-state index in [0.29, 0.717) is 34.7 Å². The number of anilines is 1. The Morgan fingerprint density at radius 3 is 2.85 bits per heavy atom. The van der Waals surface area contributed by atoms with Crippen LogP contribution in [0.25, 0.3) is 22.6 Å². The number of carbonyl (C=O) groups is 1. The lowest BCUT2D eigenvalue weighted by Gasteiger charge is -2.10. The summed E-state index contributed by atoms with van der Waals surface area (Å²) in [4.78, 5) is 16.2. The molecule has 1 heterocycles. The molecule has 0 saturated heterocycles. The van der Waals surface area contributed by atoms with Crippen LogP contribution in [0.4, 0.5) is 5.69 Å². The number of thiocarbonyl (C=S) groups is 1. The third kappa shape index (κ3) is 4.62. The second kappa shape index (κ2) is 8.18. The number of phenols is 1. The topological polar surface area (TPSA) is 87.4 Å². The van der Waals surface area contributed by atoms with Gasteiger partial charge in [-0.1, -0.05) is 19.4 Å². The monoisotopic (exact) mass is 383 g/mol. The molecule has 0 radical (unpaired) electrons. The van der Waals surface area contributed by atoms with Gasteiger partial charge in [-0.2, -0.15) is 0 Å². The zero-order chi connectivity index (χ0) is 19.4. The van der Waals surface area contributed by atoms with Crippen molar-refractivity contribution in [2.75, 3.05) is 5.32 Å². The first-order valence-electron chi connectivity index (χ1n) is 8.77. The van der Waals surface area contributed by atoms with Crippen molar-refractivity contribution in [2.45, 2.75) is 33.1 Å². The number of amides is 1. The zero-order valence-corrected chi connectivity index (χ0v) is 16.0. The van der Waals surface area contributed by atoms with Gasteiger partial charge >= 0.3 is 0 Å². The molecule has 2 aromatic carbocycles. The number of aryl methyl sites for hydroxylation is 1. The Bertz CT molecular complexity index is 997. The fraction of sp³-hybridized carbons (Fsp3) is 0.250. The van der Waals surface area contributed by atoms with E-state index in [9.17, 15) is 9.90 Å². The smallest absolute Gasteiger partial charge is 0.231 e. The number of oxazole rings is 1. The molecule has 140 valence electrons. The van der Waals surface area contributed by atoms with Crippen molar-refractivity contribution in [2.24, 2.45) is 0 Å². The molecular formula is C20H21N3O3S. The summed E-state index contributed by atoms with van der Waals surface area (Å²) >= 11 is 5.18. The van der Waals surface area contributed by atoms with E-state index in [4.69, 9.17) is 16.6 Å². The van der Waals surface area contributed by atoms with E-state index in [1.54, 1.807) is 12.1 Å². The summed E-state index contributed by atoms with van der Waals surface area (Å²) in [5, 5.41) is 16.0. The maximum absolute atomic E-state index is 11.8. The van der Waals surface area contributed by atoms with Gasteiger partial charge in [0.2, 0.25) is 11.8 Å². The van der Waals surface area contributed by atoms with Crippen LogP contribution in [0.5, 0.6) is 5.75 Å². The number of benzene rings is 2. The minimum absolute atomic E-state index is 0.0433. The molecule has 0 unspecified atom stereocenters. The maximum Gasteiger partial charge on any atom is 0.231 e. The Morgan fingerprint density at radius 2 is 2.07 bits per heavy atom. The highest BCUT2D eigenvalue weighted by molar-refractivity contribution is 7.80. The number of carbonyl (C=O) groups excluding carboxylic acids is 1. The van der Waals surface area contributed by atoms with Crippen LogP contribution in [0.15, 0.2) is 40.8 Å². The van der Waals surface area contributed by atoms with Gasteiger partial charge in [-0.25, -0.2) is 4.98 Å². The molecule has 6 nitrogen and oxygen atoms in total. The number of rotatable bonds is 5. The lowest BCUT2D eigenvalue weighted by Crippen LogP contribution is -2.33. The molecule has 0 aliphatic rings. The predicted octanol–water partition coefficient (Wildman–Crippen LogP) is 4.51. The third-order valence-electron chi connectivity index (χ3n) is 4.04. The van der Waals surface area contributed by atoms with E-state index >= 15 is 0 Å². The summed E-state index contributed by atoms with van der Waals surface area (Å²) in [5.41, 5.74) is 3.48. The van der Waals surface area contributed by atoms with Crippen LogP contribution in [0.2, 0.25) is 0 Å². The number of aromatic nitrogens is 1. The van der Waals surface area contributed by atoms with Crippen LogP contribution < -0.4 is 10.6 Å². The average Bonchev–Trinajstić information content (AvgIpc) is 3.04. The summed E-state index contributed by atoms with van der Waals surface area (Å²) in [6, 6.07) is 10.6. The number of hydrogen-bond acceptors (Lipinski definition) is 5. The highest BCUT2D eigenvalue weighted by Crippen LogP contribution is 2.33. The van der Waals surface area contributed by atoms with Crippen molar-refractivity contribution in [1.29, 1.82) is 0 Å². The maximum atomic E-state index is 11.8. The first-order valence-corrected chi connectivity index (χ1v) is 9.18. The van der Waals surface area contributed by atoms with Gasteiger partial charge in [-0.05, 0) is 61.5 Å². The van der Waals surface area contributed by atoms with Gasteiger partial charge in [0.25, 0.3) is 0 Å². The number of unbranched alkanes of at least 4 members (excludes halogenated alkanes) is 1. The largest absolute Gasteiger partial charge is 0.507 e. The lowest BCUT2D eigenvalue weighted by molar-refractivity contribution is -0.119. The van der Waals surface area contributed by atoms with Crippen molar-refractivity contribution >= 4 is 40.0 Å². The van der Waals surface area contributed by atoms with Crippen LogP contribution in [0.3, 0.4) is 0 Å². The fourth-order valence-electron chi connectivity index (χ4n) is 2.62. The lowest BCUT2D eigenvalue weighted by atomic mass is 10.1. The van der Waals surface area contributed by atoms with E-state index in [2.05, 4.69) is 15.6 Å². The second-order valence-corrected chi connectivity index (χ2v) is 6.74. The van der Waals surface area contributed by atoms with E-state index in [-0.39, 0.29) is 16.8 Å². The van der Waals surface area contributed by atoms with Crippen molar-refractivity contribution in [3.8, 4) is 17.2 Å². The second-order valence-electron chi connectivity index (χ2n) is 6.33. The highest BCUT2D eigenvalue weighted by atomic mass is 32.1. The zero-order valence-electron chi connectivity index (χ0n) is 15.2. The van der Waals surface area contributed by atoms with Crippen molar-refractivity contribution < 1.29 is 14.3 Å². The Hall–Kier alpha value is -2.93. The average molecular weight is 383 g/mol. The normalized spacial score (nSPS) is 10.7. The summed E-state index contributed by atoms with van der Waals surface area (Å²) in [6.45, 7) is 3.99. The molecule has 0 bridgehead atoms. The first-order chi connectivity index (χ1) is 13.0. The quantitative estimate of drug-likeness (QED) is 0.444. The Kier molecular flexibility index (Phi) is 5.71. The molecule has 0 atom stereocenters. The van der Waals surface area contributed by atoms with Crippen molar-refractivity contribution in [3.05, 3.63) is 42.0 Å².